The molecule has 1 aliphatic heterocycles. The highest BCUT2D eigenvalue weighted by Crippen LogP contribution is 2.21. The van der Waals surface area contributed by atoms with Gasteiger partial charge in [-0.25, -0.2) is 4.99 Å². The largest absolute Gasteiger partial charge is 0.361 e. The number of nitrogens with zero attached hydrogens (tertiary/aromatic N) is 3. The number of rotatable bonds is 8. The number of halogens is 1. The number of aromatic nitrogens is 1. The molecule has 1 aromatic carbocycles. The van der Waals surface area contributed by atoms with E-state index in [4.69, 9.17) is 9.52 Å². The molecule has 1 aromatic heterocycles. The number of guanidine groups is 1. The summed E-state index contributed by atoms with van der Waals surface area (Å²) < 4.78 is 5.44. The molecule has 164 valence electrons. The van der Waals surface area contributed by atoms with Gasteiger partial charge in [-0.05, 0) is 37.5 Å². The molecule has 0 aliphatic carbocycles. The predicted molar refractivity (Wildman–Crippen MR) is 130 cm³/mol. The molecule has 0 unspecified atom stereocenters. The minimum Gasteiger partial charge on any atom is -0.361 e. The average Bonchev–Trinajstić information content (AvgIpc) is 3.35. The Balaban J connectivity index is 0.00000320. The molecule has 1 fully saturated rings. The monoisotopic (exact) mass is 525 g/mol. The van der Waals surface area contributed by atoms with Crippen LogP contribution in [0.2, 0.25) is 0 Å². The highest BCUT2D eigenvalue weighted by Gasteiger charge is 2.21. The van der Waals surface area contributed by atoms with E-state index in [1.54, 1.807) is 0 Å². The third-order valence-electron chi connectivity index (χ3n) is 5.12. The Morgan fingerprint density at radius 2 is 1.93 bits per heavy atom. The molecular formula is C22H32IN5O2. The smallest absolute Gasteiger partial charge is 0.227 e. The second-order valence-electron chi connectivity index (χ2n) is 7.10. The van der Waals surface area contributed by atoms with Gasteiger partial charge in [0.2, 0.25) is 5.91 Å². The lowest BCUT2D eigenvalue weighted by atomic mass is 10.1. The van der Waals surface area contributed by atoms with E-state index in [1.165, 1.54) is 0 Å². The fourth-order valence-corrected chi connectivity index (χ4v) is 3.52. The van der Waals surface area contributed by atoms with Crippen LogP contribution in [0.25, 0.3) is 0 Å². The molecule has 2 heterocycles. The lowest BCUT2D eigenvalue weighted by Crippen LogP contribution is -2.37. The molecule has 1 saturated heterocycles. The zero-order chi connectivity index (χ0) is 20.6. The van der Waals surface area contributed by atoms with Crippen molar-refractivity contribution in [3.8, 4) is 0 Å². The second-order valence-corrected chi connectivity index (χ2v) is 7.10. The number of aliphatic imine (C=N–C) groups is 1. The molecule has 7 nitrogen and oxygen atoms in total. The molecule has 8 heteroatoms. The molecule has 2 aromatic rings. The van der Waals surface area contributed by atoms with E-state index in [0.29, 0.717) is 19.5 Å². The first-order valence-corrected chi connectivity index (χ1v) is 10.5. The van der Waals surface area contributed by atoms with Crippen LogP contribution in [-0.4, -0.2) is 30.1 Å². The van der Waals surface area contributed by atoms with Gasteiger partial charge in [-0.3, -0.25) is 4.79 Å². The van der Waals surface area contributed by atoms with Gasteiger partial charge < -0.3 is 20.1 Å². The van der Waals surface area contributed by atoms with Crippen molar-refractivity contribution in [1.29, 1.82) is 0 Å². The molecule has 3 rings (SSSR count). The van der Waals surface area contributed by atoms with Crippen molar-refractivity contribution in [2.24, 2.45) is 4.99 Å². The van der Waals surface area contributed by atoms with Gasteiger partial charge in [-0.2, -0.15) is 0 Å². The van der Waals surface area contributed by atoms with Crippen LogP contribution in [0.4, 0.5) is 5.69 Å². The molecule has 2 N–H and O–H groups in total. The van der Waals surface area contributed by atoms with Gasteiger partial charge in [0, 0.05) is 43.7 Å². The van der Waals surface area contributed by atoms with Gasteiger partial charge in [0.1, 0.15) is 5.76 Å². The average molecular weight is 525 g/mol. The zero-order valence-corrected chi connectivity index (χ0v) is 20.4. The van der Waals surface area contributed by atoms with Crippen molar-refractivity contribution in [1.82, 2.24) is 15.8 Å². The van der Waals surface area contributed by atoms with Crippen LogP contribution in [0.3, 0.4) is 0 Å². The fourth-order valence-electron chi connectivity index (χ4n) is 3.52. The highest BCUT2D eigenvalue weighted by molar-refractivity contribution is 14.0. The summed E-state index contributed by atoms with van der Waals surface area (Å²) in [7, 11) is 0. The van der Waals surface area contributed by atoms with E-state index < -0.39 is 0 Å². The van der Waals surface area contributed by atoms with Crippen LogP contribution in [0.1, 0.15) is 56.2 Å². The number of amides is 1. The Morgan fingerprint density at radius 1 is 1.17 bits per heavy atom. The summed E-state index contributed by atoms with van der Waals surface area (Å²) in [5.74, 6) is 1.90. The molecule has 0 atom stereocenters. The number of hydrogen-bond donors (Lipinski definition) is 2. The minimum absolute atomic E-state index is 0. The number of carbonyl (C=O) groups excluding carboxylic acids is 1. The van der Waals surface area contributed by atoms with Crippen molar-refractivity contribution in [3.63, 3.8) is 0 Å². The van der Waals surface area contributed by atoms with E-state index >= 15 is 0 Å². The molecule has 0 spiro atoms. The van der Waals surface area contributed by atoms with Crippen molar-refractivity contribution in [3.05, 3.63) is 46.8 Å². The Labute approximate surface area is 195 Å². The summed E-state index contributed by atoms with van der Waals surface area (Å²) in [6, 6.07) is 8.09. The summed E-state index contributed by atoms with van der Waals surface area (Å²) in [4.78, 5) is 18.4. The van der Waals surface area contributed by atoms with Gasteiger partial charge >= 0.3 is 0 Å². The number of aryl methyl sites for hydroxylation is 2. The molecule has 1 aliphatic rings. The van der Waals surface area contributed by atoms with Crippen LogP contribution in [0.15, 0.2) is 33.8 Å². The number of carbonyl (C=O) groups is 1. The summed E-state index contributed by atoms with van der Waals surface area (Å²) >= 11 is 0. The van der Waals surface area contributed by atoms with Gasteiger partial charge in [0.15, 0.2) is 5.96 Å². The summed E-state index contributed by atoms with van der Waals surface area (Å²) in [5, 5.41) is 10.8. The number of hydrogen-bond acceptors (Lipinski definition) is 4. The van der Waals surface area contributed by atoms with Gasteiger partial charge in [-0.15, -0.1) is 24.0 Å². The first-order chi connectivity index (χ1) is 14.2. The van der Waals surface area contributed by atoms with Crippen LogP contribution in [-0.2, 0) is 30.7 Å². The lowest BCUT2D eigenvalue weighted by Gasteiger charge is -2.16. The quantitative estimate of drug-likeness (QED) is 0.311. The van der Waals surface area contributed by atoms with Crippen molar-refractivity contribution >= 4 is 41.5 Å². The number of anilines is 1. The Kier molecular flexibility index (Phi) is 9.61. The summed E-state index contributed by atoms with van der Waals surface area (Å²) in [6.45, 7) is 9.00. The molecule has 1 amide bonds. The third kappa shape index (κ3) is 5.96. The molecule has 30 heavy (non-hydrogen) atoms. The first-order valence-electron chi connectivity index (χ1n) is 10.5. The first kappa shape index (κ1) is 24.2. The maximum atomic E-state index is 11.9. The van der Waals surface area contributed by atoms with Crippen molar-refractivity contribution < 1.29 is 9.32 Å². The Hall–Kier alpha value is -2.10. The van der Waals surface area contributed by atoms with Crippen molar-refractivity contribution in [2.75, 3.05) is 18.0 Å². The van der Waals surface area contributed by atoms with E-state index in [2.05, 4.69) is 29.6 Å². The molecular weight excluding hydrogens is 493 g/mol. The highest BCUT2D eigenvalue weighted by atomic mass is 127. The van der Waals surface area contributed by atoms with Crippen LogP contribution in [0, 0.1) is 0 Å². The minimum atomic E-state index is 0. The zero-order valence-electron chi connectivity index (χ0n) is 18.0. The van der Waals surface area contributed by atoms with Crippen LogP contribution in [0.5, 0.6) is 0 Å². The lowest BCUT2D eigenvalue weighted by molar-refractivity contribution is -0.117. The SMILES string of the molecule is CCNC(=NCc1ccc(N2CCCC2=O)cc1)NCc1c(CC)noc1CC.I. The Morgan fingerprint density at radius 3 is 2.53 bits per heavy atom. The topological polar surface area (TPSA) is 82.8 Å². The van der Waals surface area contributed by atoms with Gasteiger partial charge in [0.05, 0.1) is 12.2 Å². The van der Waals surface area contributed by atoms with Gasteiger partial charge in [-0.1, -0.05) is 31.1 Å². The number of nitrogens with one attached hydrogen (secondary N) is 2. The number of benzene rings is 1. The normalized spacial score (nSPS) is 14.0. The van der Waals surface area contributed by atoms with E-state index in [1.807, 2.05) is 36.1 Å². The molecule has 0 bridgehead atoms. The second kappa shape index (κ2) is 11.9. The van der Waals surface area contributed by atoms with Gasteiger partial charge in [0.25, 0.3) is 0 Å². The molecule has 0 radical (unpaired) electrons. The van der Waals surface area contributed by atoms with E-state index in [0.717, 1.165) is 66.6 Å². The fraction of sp³-hybridized carbons (Fsp3) is 0.500. The van der Waals surface area contributed by atoms with Crippen LogP contribution < -0.4 is 15.5 Å². The third-order valence-corrected chi connectivity index (χ3v) is 5.12. The van der Waals surface area contributed by atoms with Crippen molar-refractivity contribution in [2.45, 2.75) is 59.5 Å². The summed E-state index contributed by atoms with van der Waals surface area (Å²) in [6.07, 6.45) is 3.26. The maximum absolute atomic E-state index is 11.9. The standard InChI is InChI=1S/C22H31N5O2.HI/c1-4-19-18(20(5-2)29-26-19)15-25-22(23-6-3)24-14-16-9-11-17(12-10-16)27-13-7-8-21(27)28;/h9-12H,4-8,13-15H2,1-3H3,(H2,23,24,25);1H. The summed E-state index contributed by atoms with van der Waals surface area (Å²) in [5.41, 5.74) is 4.19. The predicted octanol–water partition coefficient (Wildman–Crippen LogP) is 3.80. The van der Waals surface area contributed by atoms with Crippen LogP contribution >= 0.6 is 24.0 Å². The Bertz CT molecular complexity index is 826. The molecule has 0 saturated carbocycles. The maximum Gasteiger partial charge on any atom is 0.227 e. The van der Waals surface area contributed by atoms with E-state index in [9.17, 15) is 4.79 Å². The van der Waals surface area contributed by atoms with E-state index in [-0.39, 0.29) is 29.9 Å².